The van der Waals surface area contributed by atoms with Gasteiger partial charge in [-0.1, -0.05) is 17.7 Å². The predicted octanol–water partition coefficient (Wildman–Crippen LogP) is 3.54. The molecule has 4 rings (SSSR count). The molecular formula is C19H16ClN5O. The fraction of sp³-hybridized carbons (Fsp3) is 0.158. The van der Waals surface area contributed by atoms with Gasteiger partial charge in [0.25, 0.3) is 5.91 Å². The highest BCUT2D eigenvalue weighted by Crippen LogP contribution is 2.32. The number of aromatic nitrogens is 4. The van der Waals surface area contributed by atoms with Gasteiger partial charge in [0.15, 0.2) is 5.82 Å². The minimum absolute atomic E-state index is 0.176. The molecule has 3 aromatic heterocycles. The highest BCUT2D eigenvalue weighted by Gasteiger charge is 2.22. The molecule has 0 spiro atoms. The quantitative estimate of drug-likeness (QED) is 0.545. The molecule has 0 atom stereocenters. The van der Waals surface area contributed by atoms with Crippen molar-refractivity contribution in [2.24, 2.45) is 7.05 Å². The lowest BCUT2D eigenvalue weighted by molar-refractivity contribution is 0.0824. The summed E-state index contributed by atoms with van der Waals surface area (Å²) in [6.07, 6.45) is 3.37. The Morgan fingerprint density at radius 1 is 1.19 bits per heavy atom. The maximum atomic E-state index is 12.8. The smallest absolute Gasteiger partial charge is 0.272 e. The van der Waals surface area contributed by atoms with E-state index in [1.54, 1.807) is 26.5 Å². The van der Waals surface area contributed by atoms with Gasteiger partial charge in [-0.3, -0.25) is 9.78 Å². The average Bonchev–Trinajstić information content (AvgIpc) is 2.93. The van der Waals surface area contributed by atoms with Crippen LogP contribution in [0, 0.1) is 0 Å². The van der Waals surface area contributed by atoms with Crippen LogP contribution in [0.15, 0.2) is 42.7 Å². The van der Waals surface area contributed by atoms with Gasteiger partial charge in [0.2, 0.25) is 0 Å². The lowest BCUT2D eigenvalue weighted by Crippen LogP contribution is -2.23. The third-order valence-electron chi connectivity index (χ3n) is 4.33. The number of hydrogen-bond donors (Lipinski definition) is 0. The Balaban J connectivity index is 2.14. The van der Waals surface area contributed by atoms with Crippen molar-refractivity contribution < 1.29 is 4.79 Å². The van der Waals surface area contributed by atoms with E-state index in [0.717, 1.165) is 21.9 Å². The second-order valence-electron chi connectivity index (χ2n) is 6.26. The Labute approximate surface area is 155 Å². The number of rotatable bonds is 2. The van der Waals surface area contributed by atoms with E-state index in [0.29, 0.717) is 22.2 Å². The first-order valence-electron chi connectivity index (χ1n) is 8.05. The summed E-state index contributed by atoms with van der Waals surface area (Å²) in [6, 6.07) is 9.27. The van der Waals surface area contributed by atoms with Gasteiger partial charge >= 0.3 is 0 Å². The first kappa shape index (κ1) is 16.5. The van der Waals surface area contributed by atoms with Crippen LogP contribution in [0.4, 0.5) is 0 Å². The predicted molar refractivity (Wildman–Crippen MR) is 102 cm³/mol. The molecule has 0 saturated carbocycles. The molecule has 130 valence electrons. The van der Waals surface area contributed by atoms with Gasteiger partial charge in [-0.15, -0.1) is 0 Å². The Morgan fingerprint density at radius 2 is 2.00 bits per heavy atom. The molecule has 4 aromatic rings. The van der Waals surface area contributed by atoms with Crippen molar-refractivity contribution in [1.82, 2.24) is 24.4 Å². The zero-order valence-electron chi connectivity index (χ0n) is 14.6. The third kappa shape index (κ3) is 2.50. The minimum atomic E-state index is -0.176. The van der Waals surface area contributed by atoms with Crippen molar-refractivity contribution in [3.05, 3.63) is 53.4 Å². The van der Waals surface area contributed by atoms with Crippen LogP contribution < -0.4 is 0 Å². The number of amides is 1. The molecule has 3 heterocycles. The Hall–Kier alpha value is -2.99. The lowest BCUT2D eigenvalue weighted by atomic mass is 10.1. The summed E-state index contributed by atoms with van der Waals surface area (Å²) in [7, 11) is 5.33. The summed E-state index contributed by atoms with van der Waals surface area (Å²) >= 11 is 6.17. The zero-order valence-corrected chi connectivity index (χ0v) is 15.3. The summed E-state index contributed by atoms with van der Waals surface area (Å²) in [4.78, 5) is 27.8. The minimum Gasteiger partial charge on any atom is -0.343 e. The van der Waals surface area contributed by atoms with E-state index in [-0.39, 0.29) is 5.91 Å². The van der Waals surface area contributed by atoms with E-state index in [1.165, 1.54) is 4.90 Å². The molecule has 0 N–H and O–H groups in total. The number of carbonyl (C=O) groups is 1. The molecule has 0 radical (unpaired) electrons. The summed E-state index contributed by atoms with van der Waals surface area (Å²) in [5.74, 6) is 0.290. The van der Waals surface area contributed by atoms with E-state index in [2.05, 4.69) is 9.97 Å². The molecule has 0 unspecified atom stereocenters. The topological polar surface area (TPSA) is 63.9 Å². The number of fused-ring (bicyclic) bond motifs is 3. The molecule has 0 bridgehead atoms. The van der Waals surface area contributed by atoms with Crippen molar-refractivity contribution in [1.29, 1.82) is 0 Å². The van der Waals surface area contributed by atoms with Gasteiger partial charge in [0.05, 0.1) is 10.9 Å². The van der Waals surface area contributed by atoms with Crippen LogP contribution in [-0.2, 0) is 7.05 Å². The van der Waals surface area contributed by atoms with E-state index in [9.17, 15) is 4.79 Å². The molecule has 6 nitrogen and oxygen atoms in total. The van der Waals surface area contributed by atoms with Gasteiger partial charge in [-0.25, -0.2) is 9.97 Å². The Bertz CT molecular complexity index is 1150. The van der Waals surface area contributed by atoms with Crippen LogP contribution in [-0.4, -0.2) is 44.4 Å². The molecule has 0 saturated heterocycles. The van der Waals surface area contributed by atoms with Crippen LogP contribution in [0.5, 0.6) is 0 Å². The number of nitrogens with zero attached hydrogens (tertiary/aromatic N) is 5. The second-order valence-corrected chi connectivity index (χ2v) is 6.69. The fourth-order valence-corrected chi connectivity index (χ4v) is 3.20. The maximum absolute atomic E-state index is 12.8. The monoisotopic (exact) mass is 365 g/mol. The van der Waals surface area contributed by atoms with Gasteiger partial charge in [0.1, 0.15) is 11.3 Å². The van der Waals surface area contributed by atoms with Crippen molar-refractivity contribution in [3.63, 3.8) is 0 Å². The molecule has 1 aromatic carbocycles. The van der Waals surface area contributed by atoms with Crippen molar-refractivity contribution >= 4 is 39.4 Å². The van der Waals surface area contributed by atoms with Gasteiger partial charge in [0, 0.05) is 49.5 Å². The second kappa shape index (κ2) is 6.07. The first-order valence-corrected chi connectivity index (χ1v) is 8.43. The normalized spacial score (nSPS) is 11.2. The standard InChI is InChI=1S/C19H16ClN5O/c1-24(2)19(26)16-15-13-7-6-12(20)9-14(13)25(3)18(15)23-17(22-16)11-5-4-8-21-10-11/h4-10H,1-3H3. The maximum Gasteiger partial charge on any atom is 0.272 e. The van der Waals surface area contributed by atoms with Gasteiger partial charge < -0.3 is 9.47 Å². The summed E-state index contributed by atoms with van der Waals surface area (Å²) in [6.45, 7) is 0. The molecular weight excluding hydrogens is 350 g/mol. The van der Waals surface area contributed by atoms with Gasteiger partial charge in [-0.2, -0.15) is 0 Å². The summed E-state index contributed by atoms with van der Waals surface area (Å²) < 4.78 is 1.94. The highest BCUT2D eigenvalue weighted by molar-refractivity contribution is 6.31. The number of carbonyl (C=O) groups excluding carboxylic acids is 1. The van der Waals surface area contributed by atoms with Crippen LogP contribution in [0.3, 0.4) is 0 Å². The fourth-order valence-electron chi connectivity index (χ4n) is 3.04. The molecule has 0 aliphatic carbocycles. The van der Waals surface area contributed by atoms with Gasteiger partial charge in [-0.05, 0) is 24.3 Å². The Morgan fingerprint density at radius 3 is 2.69 bits per heavy atom. The summed E-state index contributed by atoms with van der Waals surface area (Å²) in [5, 5.41) is 2.25. The number of benzene rings is 1. The highest BCUT2D eigenvalue weighted by atomic mass is 35.5. The molecule has 0 fully saturated rings. The van der Waals surface area contributed by atoms with Crippen LogP contribution in [0.1, 0.15) is 10.5 Å². The van der Waals surface area contributed by atoms with Crippen LogP contribution in [0.25, 0.3) is 33.3 Å². The third-order valence-corrected chi connectivity index (χ3v) is 4.56. The van der Waals surface area contributed by atoms with Crippen LogP contribution in [0.2, 0.25) is 5.02 Å². The van der Waals surface area contributed by atoms with Crippen LogP contribution >= 0.6 is 11.6 Å². The van der Waals surface area contributed by atoms with Crippen molar-refractivity contribution in [3.8, 4) is 11.4 Å². The van der Waals surface area contributed by atoms with E-state index >= 15 is 0 Å². The lowest BCUT2D eigenvalue weighted by Gasteiger charge is -2.12. The zero-order chi connectivity index (χ0) is 18.4. The van der Waals surface area contributed by atoms with Crippen molar-refractivity contribution in [2.45, 2.75) is 0 Å². The van der Waals surface area contributed by atoms with Crippen molar-refractivity contribution in [2.75, 3.05) is 14.1 Å². The molecule has 26 heavy (non-hydrogen) atoms. The van der Waals surface area contributed by atoms with E-state index in [4.69, 9.17) is 16.6 Å². The largest absolute Gasteiger partial charge is 0.343 e. The number of halogens is 1. The summed E-state index contributed by atoms with van der Waals surface area (Å²) in [5.41, 5.74) is 2.71. The molecule has 1 amide bonds. The number of pyridine rings is 1. The SMILES string of the molecule is CN(C)C(=O)c1nc(-c2cccnc2)nc2c1c1ccc(Cl)cc1n2C. The molecule has 0 aliphatic rings. The Kier molecular flexibility index (Phi) is 3.85. The number of hydrogen-bond acceptors (Lipinski definition) is 4. The molecule has 7 heteroatoms. The van der Waals surface area contributed by atoms with E-state index in [1.807, 2.05) is 41.9 Å². The number of aryl methyl sites for hydroxylation is 1. The molecule has 0 aliphatic heterocycles. The van der Waals surface area contributed by atoms with E-state index < -0.39 is 0 Å². The first-order chi connectivity index (χ1) is 12.5. The average molecular weight is 366 g/mol.